The van der Waals surface area contributed by atoms with Gasteiger partial charge in [0.2, 0.25) is 5.91 Å². The van der Waals surface area contributed by atoms with Crippen molar-refractivity contribution in [1.82, 2.24) is 0 Å². The van der Waals surface area contributed by atoms with Crippen LogP contribution in [0.25, 0.3) is 11.1 Å². The summed E-state index contributed by atoms with van der Waals surface area (Å²) in [6.45, 7) is 8.39. The first kappa shape index (κ1) is 23.6. The van der Waals surface area contributed by atoms with Crippen LogP contribution in [0, 0.1) is 0 Å². The molecule has 5 rings (SSSR count). The monoisotopic (exact) mass is 479 g/mol. The molecule has 2 aromatic carbocycles. The summed E-state index contributed by atoms with van der Waals surface area (Å²) in [5.74, 6) is -0.0428. The number of amides is 2. The fourth-order valence-corrected chi connectivity index (χ4v) is 5.14. The Morgan fingerprint density at radius 2 is 1.54 bits per heavy atom. The average Bonchev–Trinajstić information content (AvgIpc) is 2.89. The molecular weight excluding hydrogens is 446 g/mol. The highest BCUT2D eigenvalue weighted by Crippen LogP contribution is 2.39. The number of fused-ring (bicyclic) bond motifs is 1. The molecule has 0 bridgehead atoms. The zero-order chi connectivity index (χ0) is 24.4. The number of benzene rings is 2. The molecule has 0 aliphatic carbocycles. The molecule has 0 unspecified atom stereocenters. The third-order valence-corrected chi connectivity index (χ3v) is 6.99. The van der Waals surface area contributed by atoms with Crippen molar-refractivity contribution in [2.24, 2.45) is 0 Å². The van der Waals surface area contributed by atoms with Crippen LogP contribution in [-0.4, -0.2) is 70.2 Å². The SMILES string of the molecule is CC(=O)N1c2ccc(-c3ccc(N4CCOCC4)cc3)cc2N(C(=O)OC2CCOCC2)C[C@@H]1C. The second-order valence-electron chi connectivity index (χ2n) is 9.39. The van der Waals surface area contributed by atoms with Crippen molar-refractivity contribution in [3.8, 4) is 11.1 Å². The van der Waals surface area contributed by atoms with Gasteiger partial charge in [-0.1, -0.05) is 18.2 Å². The average molecular weight is 480 g/mol. The van der Waals surface area contributed by atoms with E-state index >= 15 is 0 Å². The van der Waals surface area contributed by atoms with E-state index in [4.69, 9.17) is 14.2 Å². The van der Waals surface area contributed by atoms with Crippen LogP contribution >= 0.6 is 0 Å². The van der Waals surface area contributed by atoms with E-state index in [1.165, 1.54) is 5.69 Å². The number of rotatable bonds is 3. The van der Waals surface area contributed by atoms with Crippen molar-refractivity contribution < 1.29 is 23.8 Å². The minimum atomic E-state index is -0.368. The zero-order valence-electron chi connectivity index (χ0n) is 20.4. The fourth-order valence-electron chi connectivity index (χ4n) is 5.14. The van der Waals surface area contributed by atoms with Crippen LogP contribution in [0.5, 0.6) is 0 Å². The molecule has 3 aliphatic rings. The summed E-state index contributed by atoms with van der Waals surface area (Å²) in [5, 5.41) is 0. The summed E-state index contributed by atoms with van der Waals surface area (Å²) >= 11 is 0. The minimum absolute atomic E-state index is 0.0428. The van der Waals surface area contributed by atoms with Crippen molar-refractivity contribution in [1.29, 1.82) is 0 Å². The lowest BCUT2D eigenvalue weighted by atomic mass is 10.0. The molecule has 3 heterocycles. The van der Waals surface area contributed by atoms with Gasteiger partial charge in [0.15, 0.2) is 0 Å². The van der Waals surface area contributed by atoms with Crippen LogP contribution < -0.4 is 14.7 Å². The third kappa shape index (κ3) is 4.99. The van der Waals surface area contributed by atoms with E-state index in [2.05, 4.69) is 29.2 Å². The van der Waals surface area contributed by atoms with E-state index < -0.39 is 0 Å². The Balaban J connectivity index is 1.44. The predicted molar refractivity (Wildman–Crippen MR) is 135 cm³/mol. The van der Waals surface area contributed by atoms with Crippen LogP contribution in [-0.2, 0) is 19.0 Å². The summed E-state index contributed by atoms with van der Waals surface area (Å²) in [6, 6.07) is 14.2. The van der Waals surface area contributed by atoms with Crippen LogP contribution in [0.2, 0.25) is 0 Å². The Morgan fingerprint density at radius 3 is 2.23 bits per heavy atom. The molecule has 2 amide bonds. The van der Waals surface area contributed by atoms with Gasteiger partial charge >= 0.3 is 6.09 Å². The highest BCUT2D eigenvalue weighted by molar-refractivity contribution is 6.03. The smallest absolute Gasteiger partial charge is 0.414 e. The van der Waals surface area contributed by atoms with Gasteiger partial charge in [-0.25, -0.2) is 4.79 Å². The van der Waals surface area contributed by atoms with E-state index in [0.717, 1.165) is 43.1 Å². The molecule has 2 aromatic rings. The lowest BCUT2D eigenvalue weighted by Crippen LogP contribution is -2.52. The maximum atomic E-state index is 13.3. The summed E-state index contributed by atoms with van der Waals surface area (Å²) in [5.41, 5.74) is 4.64. The Kier molecular flexibility index (Phi) is 6.92. The second kappa shape index (κ2) is 10.3. The first-order chi connectivity index (χ1) is 17.0. The van der Waals surface area contributed by atoms with E-state index in [-0.39, 0.29) is 24.1 Å². The molecule has 0 aromatic heterocycles. The highest BCUT2D eigenvalue weighted by Gasteiger charge is 2.35. The number of carbonyl (C=O) groups excluding carboxylic acids is 2. The topological polar surface area (TPSA) is 71.6 Å². The Labute approximate surface area is 206 Å². The number of morpholine rings is 1. The first-order valence-corrected chi connectivity index (χ1v) is 12.4. The first-order valence-electron chi connectivity index (χ1n) is 12.4. The molecule has 35 heavy (non-hydrogen) atoms. The molecule has 1 atom stereocenters. The second-order valence-corrected chi connectivity index (χ2v) is 9.39. The van der Waals surface area contributed by atoms with Gasteiger partial charge in [0, 0.05) is 45.1 Å². The zero-order valence-corrected chi connectivity index (χ0v) is 20.4. The van der Waals surface area contributed by atoms with Gasteiger partial charge in [0.25, 0.3) is 0 Å². The molecular formula is C27H33N3O5. The summed E-state index contributed by atoms with van der Waals surface area (Å²) in [4.78, 5) is 31.5. The van der Waals surface area contributed by atoms with E-state index in [1.54, 1.807) is 16.7 Å². The van der Waals surface area contributed by atoms with Crippen LogP contribution in [0.3, 0.4) is 0 Å². The maximum Gasteiger partial charge on any atom is 0.414 e. The Bertz CT molecular complexity index is 1060. The summed E-state index contributed by atoms with van der Waals surface area (Å²) in [6.07, 6.45) is 0.901. The van der Waals surface area contributed by atoms with Crippen LogP contribution in [0.4, 0.5) is 21.9 Å². The molecule has 0 saturated carbocycles. The standard InChI is InChI=1S/C27H33N3O5/c1-19-18-29(27(32)35-24-9-13-33-14-10-24)26-17-22(5-8-25(26)30(19)20(2)31)21-3-6-23(7-4-21)28-11-15-34-16-12-28/h3-8,17,19,24H,9-16,18H2,1-2H3/t19-/m0/s1. The minimum Gasteiger partial charge on any atom is -0.446 e. The van der Waals surface area contributed by atoms with Crippen molar-refractivity contribution >= 4 is 29.1 Å². The van der Waals surface area contributed by atoms with Crippen molar-refractivity contribution in [2.45, 2.75) is 38.8 Å². The van der Waals surface area contributed by atoms with Gasteiger partial charge in [-0.3, -0.25) is 9.69 Å². The van der Waals surface area contributed by atoms with Gasteiger partial charge in [-0.2, -0.15) is 0 Å². The number of hydrogen-bond acceptors (Lipinski definition) is 6. The van der Waals surface area contributed by atoms with Crippen molar-refractivity contribution in [2.75, 3.05) is 60.8 Å². The third-order valence-electron chi connectivity index (χ3n) is 6.99. The molecule has 3 aliphatic heterocycles. The van der Waals surface area contributed by atoms with E-state index in [1.807, 2.05) is 25.1 Å². The highest BCUT2D eigenvalue weighted by atomic mass is 16.6. The lowest BCUT2D eigenvalue weighted by molar-refractivity contribution is -0.117. The number of hydrogen-bond donors (Lipinski definition) is 0. The van der Waals surface area contributed by atoms with Gasteiger partial charge in [0.1, 0.15) is 6.10 Å². The molecule has 8 heteroatoms. The number of carbonyl (C=O) groups is 2. The van der Waals surface area contributed by atoms with Crippen LogP contribution in [0.1, 0.15) is 26.7 Å². The molecule has 2 fully saturated rings. The van der Waals surface area contributed by atoms with E-state index in [9.17, 15) is 9.59 Å². The molecule has 8 nitrogen and oxygen atoms in total. The Hall–Kier alpha value is -3.10. The molecule has 186 valence electrons. The summed E-state index contributed by atoms with van der Waals surface area (Å²) in [7, 11) is 0. The predicted octanol–water partition coefficient (Wildman–Crippen LogP) is 4.07. The molecule has 0 radical (unpaired) electrons. The number of ether oxygens (including phenoxy) is 3. The van der Waals surface area contributed by atoms with Gasteiger partial charge in [-0.15, -0.1) is 0 Å². The van der Waals surface area contributed by atoms with Gasteiger partial charge in [-0.05, 0) is 42.3 Å². The van der Waals surface area contributed by atoms with Crippen LogP contribution in [0.15, 0.2) is 42.5 Å². The summed E-state index contributed by atoms with van der Waals surface area (Å²) < 4.78 is 16.7. The Morgan fingerprint density at radius 1 is 0.886 bits per heavy atom. The van der Waals surface area contributed by atoms with Crippen molar-refractivity contribution in [3.05, 3.63) is 42.5 Å². The lowest BCUT2D eigenvalue weighted by Gasteiger charge is -2.41. The molecule has 0 spiro atoms. The number of anilines is 3. The van der Waals surface area contributed by atoms with Crippen molar-refractivity contribution in [3.63, 3.8) is 0 Å². The fraction of sp³-hybridized carbons (Fsp3) is 0.481. The number of nitrogens with zero attached hydrogens (tertiary/aromatic N) is 3. The van der Waals surface area contributed by atoms with Gasteiger partial charge < -0.3 is 24.0 Å². The largest absolute Gasteiger partial charge is 0.446 e. The van der Waals surface area contributed by atoms with Gasteiger partial charge in [0.05, 0.1) is 43.8 Å². The normalized spacial score (nSPS) is 21.0. The molecule has 0 N–H and O–H groups in total. The quantitative estimate of drug-likeness (QED) is 0.661. The molecule has 2 saturated heterocycles. The maximum absolute atomic E-state index is 13.3. The van der Waals surface area contributed by atoms with E-state index in [0.29, 0.717) is 38.3 Å².